The quantitative estimate of drug-likeness (QED) is 0.499. The zero-order valence-electron chi connectivity index (χ0n) is 16.9. The van der Waals surface area contributed by atoms with E-state index < -0.39 is 6.03 Å². The monoisotopic (exact) mass is 416 g/mol. The average Bonchev–Trinajstić information content (AvgIpc) is 2.76. The second-order valence-corrected chi connectivity index (χ2v) is 7.37. The normalized spacial score (nSPS) is 10.8. The van der Waals surface area contributed by atoms with Crippen LogP contribution in [0.1, 0.15) is 16.7 Å². The van der Waals surface area contributed by atoms with Gasteiger partial charge in [-0.2, -0.15) is 0 Å². The van der Waals surface area contributed by atoms with Gasteiger partial charge in [-0.25, -0.2) is 9.18 Å². The second kappa shape index (κ2) is 8.79. The number of fused-ring (bicyclic) bond motifs is 1. The molecule has 0 aliphatic carbocycles. The van der Waals surface area contributed by atoms with Crippen LogP contribution in [0.25, 0.3) is 10.9 Å². The Labute approximate surface area is 178 Å². The molecule has 4 rings (SSSR count). The summed E-state index contributed by atoms with van der Waals surface area (Å²) in [5.41, 5.74) is 3.31. The topological polar surface area (TPSA) is 78.1 Å². The van der Waals surface area contributed by atoms with E-state index >= 15 is 0 Å². The molecule has 0 spiro atoms. The number of anilines is 1. The molecule has 0 aliphatic heterocycles. The summed E-state index contributed by atoms with van der Waals surface area (Å²) < 4.78 is 13.2. The van der Waals surface area contributed by atoms with E-state index in [4.69, 9.17) is 0 Å². The van der Waals surface area contributed by atoms with Gasteiger partial charge in [0.05, 0.1) is 6.54 Å². The van der Waals surface area contributed by atoms with Gasteiger partial charge in [0.15, 0.2) is 0 Å². The van der Waals surface area contributed by atoms with Crippen LogP contribution in [0, 0.1) is 12.7 Å². The van der Waals surface area contributed by atoms with Crippen molar-refractivity contribution >= 4 is 22.6 Å². The minimum Gasteiger partial charge on any atom is -0.322 e. The molecule has 6 nitrogen and oxygen atoms in total. The van der Waals surface area contributed by atoms with Crippen LogP contribution in [0.4, 0.5) is 14.9 Å². The minimum atomic E-state index is -0.404. The Morgan fingerprint density at radius 2 is 1.90 bits per heavy atom. The molecule has 156 valence electrons. The van der Waals surface area contributed by atoms with E-state index in [-0.39, 0.29) is 24.5 Å². The van der Waals surface area contributed by atoms with Crippen molar-refractivity contribution in [3.05, 3.63) is 106 Å². The first-order valence-corrected chi connectivity index (χ1v) is 9.81. The minimum absolute atomic E-state index is 0.0983. The van der Waals surface area contributed by atoms with Gasteiger partial charge in [0, 0.05) is 35.7 Å². The van der Waals surface area contributed by atoms with Crippen LogP contribution in [-0.2, 0) is 13.1 Å². The zero-order valence-corrected chi connectivity index (χ0v) is 16.9. The number of rotatable bonds is 5. The highest BCUT2D eigenvalue weighted by atomic mass is 19.1. The highest BCUT2D eigenvalue weighted by molar-refractivity contribution is 5.89. The lowest BCUT2D eigenvalue weighted by molar-refractivity contribution is 0.206. The molecule has 2 amide bonds. The maximum absolute atomic E-state index is 13.2. The van der Waals surface area contributed by atoms with Gasteiger partial charge in [-0.05, 0) is 65.9 Å². The fourth-order valence-corrected chi connectivity index (χ4v) is 3.33. The maximum atomic E-state index is 13.2. The second-order valence-electron chi connectivity index (χ2n) is 7.37. The molecular weight excluding hydrogens is 395 g/mol. The summed E-state index contributed by atoms with van der Waals surface area (Å²) >= 11 is 0. The first kappa shape index (κ1) is 20.3. The number of urea groups is 1. The highest BCUT2D eigenvalue weighted by Gasteiger charge is 2.17. The number of nitrogens with zero attached hydrogens (tertiary/aromatic N) is 2. The molecule has 0 atom stereocenters. The van der Waals surface area contributed by atoms with Crippen molar-refractivity contribution in [1.29, 1.82) is 0 Å². The van der Waals surface area contributed by atoms with E-state index in [0.717, 1.165) is 22.0 Å². The van der Waals surface area contributed by atoms with E-state index in [2.05, 4.69) is 15.3 Å². The van der Waals surface area contributed by atoms with Crippen molar-refractivity contribution in [2.75, 3.05) is 5.32 Å². The summed E-state index contributed by atoms with van der Waals surface area (Å²) in [6, 6.07) is 16.4. The molecule has 0 saturated carbocycles. The number of pyridine rings is 2. The number of halogens is 1. The summed E-state index contributed by atoms with van der Waals surface area (Å²) in [4.78, 5) is 34.2. The van der Waals surface area contributed by atoms with Crippen LogP contribution < -0.4 is 10.9 Å². The lowest BCUT2D eigenvalue weighted by Gasteiger charge is -2.23. The summed E-state index contributed by atoms with van der Waals surface area (Å²) in [7, 11) is 0. The van der Waals surface area contributed by atoms with E-state index in [9.17, 15) is 14.0 Å². The van der Waals surface area contributed by atoms with Crippen molar-refractivity contribution in [3.8, 4) is 0 Å². The van der Waals surface area contributed by atoms with Gasteiger partial charge in [0.2, 0.25) is 0 Å². The van der Waals surface area contributed by atoms with E-state index in [1.165, 1.54) is 29.2 Å². The number of benzene rings is 2. The predicted molar refractivity (Wildman–Crippen MR) is 118 cm³/mol. The summed E-state index contributed by atoms with van der Waals surface area (Å²) in [6.07, 6.45) is 3.33. The van der Waals surface area contributed by atoms with Crippen molar-refractivity contribution < 1.29 is 9.18 Å². The standard InChI is InChI=1S/C24H21FN4O2/c1-16-4-5-18-12-19(23(30)28-22(18)11-16)15-29(14-17-3-2-10-26-13-17)24(31)27-21-8-6-20(25)7-9-21/h2-13H,14-15H2,1H3,(H,27,31)(H,28,30). The fraction of sp³-hybridized carbons (Fsp3) is 0.125. The Hall–Kier alpha value is -4.00. The lowest BCUT2D eigenvalue weighted by atomic mass is 10.1. The third-order valence-corrected chi connectivity index (χ3v) is 4.92. The maximum Gasteiger partial charge on any atom is 0.322 e. The summed E-state index contributed by atoms with van der Waals surface area (Å²) in [5, 5.41) is 3.65. The Morgan fingerprint density at radius 1 is 1.10 bits per heavy atom. The molecule has 0 fully saturated rings. The van der Waals surface area contributed by atoms with E-state index in [1.807, 2.05) is 31.2 Å². The van der Waals surface area contributed by atoms with Crippen LogP contribution in [0.5, 0.6) is 0 Å². The fourth-order valence-electron chi connectivity index (χ4n) is 3.33. The molecule has 2 heterocycles. The van der Waals surface area contributed by atoms with Gasteiger partial charge in [0.1, 0.15) is 5.82 Å². The van der Waals surface area contributed by atoms with Gasteiger partial charge in [0.25, 0.3) is 5.56 Å². The number of amides is 2. The first-order valence-electron chi connectivity index (χ1n) is 9.81. The number of aromatic nitrogens is 2. The molecule has 0 saturated heterocycles. The molecule has 0 radical (unpaired) electrons. The van der Waals surface area contributed by atoms with Crippen LogP contribution in [0.15, 0.2) is 77.9 Å². The van der Waals surface area contributed by atoms with Crippen LogP contribution >= 0.6 is 0 Å². The number of hydrogen-bond acceptors (Lipinski definition) is 3. The number of carbonyl (C=O) groups is 1. The molecule has 0 unspecified atom stereocenters. The molecular formula is C24H21FN4O2. The first-order chi connectivity index (χ1) is 15.0. The van der Waals surface area contributed by atoms with E-state index in [1.54, 1.807) is 24.5 Å². The summed E-state index contributed by atoms with van der Waals surface area (Å²) in [5.74, 6) is -0.386. The number of carbonyl (C=O) groups excluding carboxylic acids is 1. The Morgan fingerprint density at radius 3 is 2.65 bits per heavy atom. The highest BCUT2D eigenvalue weighted by Crippen LogP contribution is 2.16. The molecule has 4 aromatic rings. The Kier molecular flexibility index (Phi) is 5.75. The molecule has 7 heteroatoms. The smallest absolute Gasteiger partial charge is 0.322 e. The van der Waals surface area contributed by atoms with Gasteiger partial charge in [-0.1, -0.05) is 18.2 Å². The lowest BCUT2D eigenvalue weighted by Crippen LogP contribution is -2.35. The number of aromatic amines is 1. The van der Waals surface area contributed by atoms with Crippen molar-refractivity contribution in [3.63, 3.8) is 0 Å². The molecule has 0 aliphatic rings. The average molecular weight is 416 g/mol. The van der Waals surface area contributed by atoms with Gasteiger partial charge >= 0.3 is 6.03 Å². The third kappa shape index (κ3) is 4.95. The van der Waals surface area contributed by atoms with Gasteiger partial charge in [-0.15, -0.1) is 0 Å². The zero-order chi connectivity index (χ0) is 21.8. The Balaban J connectivity index is 1.63. The van der Waals surface area contributed by atoms with Gasteiger partial charge in [-0.3, -0.25) is 9.78 Å². The predicted octanol–water partition coefficient (Wildman–Crippen LogP) is 4.60. The molecule has 2 aromatic heterocycles. The van der Waals surface area contributed by atoms with Crippen LogP contribution in [-0.4, -0.2) is 20.9 Å². The number of H-pyrrole nitrogens is 1. The molecule has 2 N–H and O–H groups in total. The molecule has 31 heavy (non-hydrogen) atoms. The van der Waals surface area contributed by atoms with E-state index in [0.29, 0.717) is 11.3 Å². The number of aryl methyl sites for hydroxylation is 1. The third-order valence-electron chi connectivity index (χ3n) is 4.92. The van der Waals surface area contributed by atoms with Crippen LogP contribution in [0.3, 0.4) is 0 Å². The SMILES string of the molecule is Cc1ccc2cc(CN(Cc3cccnc3)C(=O)Nc3ccc(F)cc3)c(=O)[nH]c2c1. The van der Waals surface area contributed by atoms with Crippen LogP contribution in [0.2, 0.25) is 0 Å². The molecule has 2 aromatic carbocycles. The number of hydrogen-bond donors (Lipinski definition) is 2. The molecule has 0 bridgehead atoms. The van der Waals surface area contributed by atoms with Crippen molar-refractivity contribution in [1.82, 2.24) is 14.9 Å². The van der Waals surface area contributed by atoms with Crippen molar-refractivity contribution in [2.24, 2.45) is 0 Å². The summed E-state index contributed by atoms with van der Waals surface area (Å²) in [6.45, 7) is 2.31. The van der Waals surface area contributed by atoms with Gasteiger partial charge < -0.3 is 15.2 Å². The largest absolute Gasteiger partial charge is 0.322 e. The van der Waals surface area contributed by atoms with Crippen molar-refractivity contribution in [2.45, 2.75) is 20.0 Å². The Bertz CT molecular complexity index is 1270. The number of nitrogens with one attached hydrogen (secondary N) is 2.